The lowest BCUT2D eigenvalue weighted by Gasteiger charge is -2.22. The van der Waals surface area contributed by atoms with Gasteiger partial charge in [0.2, 0.25) is 5.91 Å². The van der Waals surface area contributed by atoms with E-state index in [1.165, 1.54) is 6.07 Å². The molecule has 0 unspecified atom stereocenters. The molecule has 19 heavy (non-hydrogen) atoms. The van der Waals surface area contributed by atoms with Crippen molar-refractivity contribution in [1.29, 1.82) is 0 Å². The van der Waals surface area contributed by atoms with Crippen LogP contribution >= 0.6 is 0 Å². The number of carbonyl (C=O) groups excluding carboxylic acids is 1. The minimum absolute atomic E-state index is 0.0389. The third-order valence-corrected chi connectivity index (χ3v) is 3.05. The van der Waals surface area contributed by atoms with Crippen LogP contribution in [0, 0.1) is 15.9 Å². The Morgan fingerprint density at radius 3 is 2.84 bits per heavy atom. The summed E-state index contributed by atoms with van der Waals surface area (Å²) in [6, 6.07) is 2.83. The number of nitro benzene ring substituents is 1. The van der Waals surface area contributed by atoms with Crippen LogP contribution < -0.4 is 10.6 Å². The average Bonchev–Trinajstić information content (AvgIpc) is 2.41. The zero-order valence-corrected chi connectivity index (χ0v) is 10.2. The second kappa shape index (κ2) is 5.75. The number of rotatable bonds is 3. The summed E-state index contributed by atoms with van der Waals surface area (Å²) in [5, 5.41) is 16.0. The molecule has 0 aromatic heterocycles. The molecular formula is C12H14FN3O3. The maximum Gasteiger partial charge on any atom is 0.272 e. The van der Waals surface area contributed by atoms with Gasteiger partial charge in [0.15, 0.2) is 5.82 Å². The maximum atomic E-state index is 13.6. The molecule has 2 N–H and O–H groups in total. The minimum Gasteiger partial charge on any atom is -0.322 e. The molecule has 7 heteroatoms. The second-order valence-corrected chi connectivity index (χ2v) is 4.41. The van der Waals surface area contributed by atoms with Crippen LogP contribution in [0.2, 0.25) is 0 Å². The van der Waals surface area contributed by atoms with Gasteiger partial charge in [-0.3, -0.25) is 14.9 Å². The predicted octanol–water partition coefficient (Wildman–Crippen LogP) is 1.81. The normalized spacial score (nSPS) is 18.9. The first-order chi connectivity index (χ1) is 9.08. The van der Waals surface area contributed by atoms with E-state index in [9.17, 15) is 19.3 Å². The molecule has 1 atom stereocenters. The number of halogens is 1. The lowest BCUT2D eigenvalue weighted by molar-refractivity contribution is -0.385. The zero-order chi connectivity index (χ0) is 13.8. The van der Waals surface area contributed by atoms with Gasteiger partial charge >= 0.3 is 0 Å². The highest BCUT2D eigenvalue weighted by atomic mass is 19.1. The third kappa shape index (κ3) is 3.25. The number of benzene rings is 1. The van der Waals surface area contributed by atoms with Crippen LogP contribution in [0.15, 0.2) is 18.2 Å². The number of nitrogens with one attached hydrogen (secondary N) is 2. The first-order valence-electron chi connectivity index (χ1n) is 6.06. The standard InChI is InChI=1S/C12H14FN3O3/c13-9-7-8(16(18)19)4-5-10(9)15-12(17)11-3-1-2-6-14-11/h4-5,7,11,14H,1-3,6H2,(H,15,17)/t11-/m1/s1. The summed E-state index contributed by atoms with van der Waals surface area (Å²) in [4.78, 5) is 21.7. The molecule has 6 nitrogen and oxygen atoms in total. The van der Waals surface area contributed by atoms with Crippen LogP contribution in [-0.4, -0.2) is 23.4 Å². The molecule has 0 radical (unpaired) electrons. The molecule has 0 bridgehead atoms. The predicted molar refractivity (Wildman–Crippen MR) is 67.3 cm³/mol. The number of non-ortho nitro benzene ring substituents is 1. The van der Waals surface area contributed by atoms with Crippen molar-refractivity contribution >= 4 is 17.3 Å². The number of piperidine rings is 1. The Morgan fingerprint density at radius 1 is 1.47 bits per heavy atom. The Hall–Kier alpha value is -2.02. The Morgan fingerprint density at radius 2 is 2.26 bits per heavy atom. The van der Waals surface area contributed by atoms with E-state index in [0.29, 0.717) is 6.42 Å². The molecule has 1 amide bonds. The van der Waals surface area contributed by atoms with Gasteiger partial charge in [0.1, 0.15) is 0 Å². The molecule has 0 aliphatic carbocycles. The van der Waals surface area contributed by atoms with Crippen LogP contribution in [0.4, 0.5) is 15.8 Å². The number of anilines is 1. The molecule has 2 rings (SSSR count). The summed E-state index contributed by atoms with van der Waals surface area (Å²) >= 11 is 0. The Balaban J connectivity index is 2.06. The van der Waals surface area contributed by atoms with Gasteiger partial charge in [-0.1, -0.05) is 6.42 Å². The highest BCUT2D eigenvalue weighted by Crippen LogP contribution is 2.21. The summed E-state index contributed by atoms with van der Waals surface area (Å²) in [5.74, 6) is -1.12. The summed E-state index contributed by atoms with van der Waals surface area (Å²) in [5.41, 5.74) is -0.380. The van der Waals surface area contributed by atoms with Gasteiger partial charge in [0.25, 0.3) is 5.69 Å². The molecule has 0 spiro atoms. The van der Waals surface area contributed by atoms with Crippen LogP contribution in [0.25, 0.3) is 0 Å². The number of hydrogen-bond acceptors (Lipinski definition) is 4. The molecule has 102 valence electrons. The molecule has 1 aliphatic rings. The minimum atomic E-state index is -0.807. The first kappa shape index (κ1) is 13.4. The summed E-state index contributed by atoms with van der Waals surface area (Å²) < 4.78 is 13.6. The van der Waals surface area contributed by atoms with Gasteiger partial charge in [-0.25, -0.2) is 4.39 Å². The Kier molecular flexibility index (Phi) is 4.06. The van der Waals surface area contributed by atoms with Gasteiger partial charge in [-0.2, -0.15) is 0 Å². The molecule has 1 saturated heterocycles. The molecule has 1 aromatic rings. The number of amides is 1. The van der Waals surface area contributed by atoms with Gasteiger partial charge in [0.05, 0.1) is 22.7 Å². The van der Waals surface area contributed by atoms with Crippen LogP contribution in [-0.2, 0) is 4.79 Å². The van der Waals surface area contributed by atoms with Gasteiger partial charge in [-0.05, 0) is 25.5 Å². The zero-order valence-electron chi connectivity index (χ0n) is 10.2. The third-order valence-electron chi connectivity index (χ3n) is 3.05. The van der Waals surface area contributed by atoms with E-state index >= 15 is 0 Å². The number of hydrogen-bond donors (Lipinski definition) is 2. The van der Waals surface area contributed by atoms with Crippen molar-refractivity contribution in [3.05, 3.63) is 34.1 Å². The lowest BCUT2D eigenvalue weighted by Crippen LogP contribution is -2.43. The van der Waals surface area contributed by atoms with Crippen molar-refractivity contribution in [1.82, 2.24) is 5.32 Å². The fraction of sp³-hybridized carbons (Fsp3) is 0.417. The largest absolute Gasteiger partial charge is 0.322 e. The maximum absolute atomic E-state index is 13.6. The average molecular weight is 267 g/mol. The molecule has 1 aliphatic heterocycles. The highest BCUT2D eigenvalue weighted by molar-refractivity contribution is 5.95. The quantitative estimate of drug-likeness (QED) is 0.646. The van der Waals surface area contributed by atoms with Crippen LogP contribution in [0.1, 0.15) is 19.3 Å². The van der Waals surface area contributed by atoms with E-state index < -0.39 is 10.7 Å². The second-order valence-electron chi connectivity index (χ2n) is 4.41. The molecule has 1 aromatic carbocycles. The molecular weight excluding hydrogens is 253 g/mol. The highest BCUT2D eigenvalue weighted by Gasteiger charge is 2.21. The smallest absolute Gasteiger partial charge is 0.272 e. The molecule has 0 saturated carbocycles. The van der Waals surface area contributed by atoms with Gasteiger partial charge < -0.3 is 10.6 Å². The fourth-order valence-electron chi connectivity index (χ4n) is 2.01. The first-order valence-corrected chi connectivity index (χ1v) is 6.06. The SMILES string of the molecule is O=C(Nc1ccc([N+](=O)[O-])cc1F)[C@H]1CCCCN1. The molecule has 1 fully saturated rings. The van der Waals surface area contributed by atoms with Gasteiger partial charge in [0, 0.05) is 6.07 Å². The fourth-order valence-corrected chi connectivity index (χ4v) is 2.01. The van der Waals surface area contributed by atoms with Crippen molar-refractivity contribution in [2.45, 2.75) is 25.3 Å². The van der Waals surface area contributed by atoms with Crippen LogP contribution in [0.3, 0.4) is 0 Å². The van der Waals surface area contributed by atoms with Crippen molar-refractivity contribution in [3.8, 4) is 0 Å². The monoisotopic (exact) mass is 267 g/mol. The summed E-state index contributed by atoms with van der Waals surface area (Å²) in [7, 11) is 0. The van der Waals surface area contributed by atoms with E-state index in [1.54, 1.807) is 0 Å². The van der Waals surface area contributed by atoms with E-state index in [0.717, 1.165) is 31.5 Å². The van der Waals surface area contributed by atoms with E-state index in [2.05, 4.69) is 10.6 Å². The van der Waals surface area contributed by atoms with E-state index in [4.69, 9.17) is 0 Å². The Labute approximate surface area is 109 Å². The molecule has 1 heterocycles. The van der Waals surface area contributed by atoms with Crippen molar-refractivity contribution < 1.29 is 14.1 Å². The van der Waals surface area contributed by atoms with E-state index in [-0.39, 0.29) is 23.3 Å². The van der Waals surface area contributed by atoms with Crippen LogP contribution in [0.5, 0.6) is 0 Å². The number of carbonyl (C=O) groups is 1. The number of nitro groups is 1. The topological polar surface area (TPSA) is 84.3 Å². The van der Waals surface area contributed by atoms with Gasteiger partial charge in [-0.15, -0.1) is 0 Å². The lowest BCUT2D eigenvalue weighted by atomic mass is 10.0. The van der Waals surface area contributed by atoms with Crippen molar-refractivity contribution in [2.75, 3.05) is 11.9 Å². The number of nitrogens with zero attached hydrogens (tertiary/aromatic N) is 1. The summed E-state index contributed by atoms with van der Waals surface area (Å²) in [6.07, 6.45) is 2.68. The van der Waals surface area contributed by atoms with Crippen molar-refractivity contribution in [2.24, 2.45) is 0 Å². The van der Waals surface area contributed by atoms with Crippen molar-refractivity contribution in [3.63, 3.8) is 0 Å². The Bertz CT molecular complexity index is 501. The van der Waals surface area contributed by atoms with E-state index in [1.807, 2.05) is 0 Å². The summed E-state index contributed by atoms with van der Waals surface area (Å²) in [6.45, 7) is 0.765.